The third kappa shape index (κ3) is 2.68. The number of hydrogen-bond acceptors (Lipinski definition) is 1. The molecule has 0 spiro atoms. The van der Waals surface area contributed by atoms with Crippen molar-refractivity contribution in [1.29, 1.82) is 0 Å². The maximum absolute atomic E-state index is 11.5. The molecule has 1 rings (SSSR count). The molecule has 13 heavy (non-hydrogen) atoms. The van der Waals surface area contributed by atoms with Crippen LogP contribution in [0.4, 0.5) is 0 Å². The molecule has 0 bridgehead atoms. The Morgan fingerprint density at radius 1 is 1.23 bits per heavy atom. The highest BCUT2D eigenvalue weighted by atomic mass is 16.1. The van der Waals surface area contributed by atoms with Gasteiger partial charge < -0.3 is 0 Å². The molecule has 0 heterocycles. The zero-order valence-electron chi connectivity index (χ0n) is 8.86. The van der Waals surface area contributed by atoms with Crippen LogP contribution in [0, 0.1) is 0 Å². The second kappa shape index (κ2) is 5.21. The normalized spacial score (nSPS) is 18.2. The predicted molar refractivity (Wildman–Crippen MR) is 55.7 cm³/mol. The van der Waals surface area contributed by atoms with E-state index in [9.17, 15) is 4.79 Å². The van der Waals surface area contributed by atoms with Crippen LogP contribution in [-0.4, -0.2) is 5.78 Å². The molecule has 0 unspecified atom stereocenters. The molecular weight excluding hydrogens is 160 g/mol. The van der Waals surface area contributed by atoms with Gasteiger partial charge in [-0.3, -0.25) is 4.79 Å². The lowest BCUT2D eigenvalue weighted by molar-refractivity contribution is -0.116. The van der Waals surface area contributed by atoms with Crippen LogP contribution in [0.5, 0.6) is 0 Å². The van der Waals surface area contributed by atoms with E-state index in [0.717, 1.165) is 31.3 Å². The molecule has 0 aromatic heterocycles. The molecule has 0 aliphatic heterocycles. The van der Waals surface area contributed by atoms with E-state index in [1.807, 2.05) is 0 Å². The van der Waals surface area contributed by atoms with E-state index in [4.69, 9.17) is 0 Å². The van der Waals surface area contributed by atoms with Gasteiger partial charge in [-0.2, -0.15) is 0 Å². The first kappa shape index (κ1) is 10.5. The van der Waals surface area contributed by atoms with Crippen molar-refractivity contribution in [1.82, 2.24) is 0 Å². The number of carbonyl (C=O) groups excluding carboxylic acids is 1. The van der Waals surface area contributed by atoms with Crippen LogP contribution in [-0.2, 0) is 4.79 Å². The number of unbranched alkanes of at least 4 members (excludes halogenated alkanes) is 1. The largest absolute Gasteiger partial charge is 0.295 e. The Hall–Kier alpha value is -0.590. The van der Waals surface area contributed by atoms with Crippen molar-refractivity contribution in [3.63, 3.8) is 0 Å². The molecule has 0 aromatic rings. The van der Waals surface area contributed by atoms with Crippen molar-refractivity contribution in [3.05, 3.63) is 11.1 Å². The van der Waals surface area contributed by atoms with Gasteiger partial charge in [0.15, 0.2) is 5.78 Å². The smallest absolute Gasteiger partial charge is 0.158 e. The van der Waals surface area contributed by atoms with Crippen LogP contribution < -0.4 is 0 Å². The van der Waals surface area contributed by atoms with Crippen molar-refractivity contribution in [2.45, 2.75) is 58.8 Å². The first-order chi connectivity index (χ1) is 6.29. The van der Waals surface area contributed by atoms with Gasteiger partial charge in [-0.05, 0) is 37.7 Å². The van der Waals surface area contributed by atoms with E-state index >= 15 is 0 Å². The van der Waals surface area contributed by atoms with Gasteiger partial charge in [-0.25, -0.2) is 0 Å². The van der Waals surface area contributed by atoms with E-state index in [0.29, 0.717) is 5.78 Å². The van der Waals surface area contributed by atoms with Gasteiger partial charge in [0.1, 0.15) is 0 Å². The zero-order chi connectivity index (χ0) is 9.68. The zero-order valence-corrected chi connectivity index (χ0v) is 8.86. The Kier molecular flexibility index (Phi) is 4.20. The van der Waals surface area contributed by atoms with Crippen LogP contribution in [0.2, 0.25) is 0 Å². The second-order valence-corrected chi connectivity index (χ2v) is 3.82. The topological polar surface area (TPSA) is 17.1 Å². The standard InChI is InChI=1S/C12H20O/c1-3-5-7-10-8-6-9-12(13)11(10)4-2/h3-9H2,1-2H3. The van der Waals surface area contributed by atoms with Crippen LogP contribution in [0.15, 0.2) is 11.1 Å². The summed E-state index contributed by atoms with van der Waals surface area (Å²) in [6.07, 6.45) is 7.62. The lowest BCUT2D eigenvalue weighted by atomic mass is 9.86. The van der Waals surface area contributed by atoms with Crippen molar-refractivity contribution >= 4 is 5.78 Å². The Labute approximate surface area is 81.2 Å². The molecule has 1 heteroatoms. The molecule has 0 radical (unpaired) electrons. The maximum Gasteiger partial charge on any atom is 0.158 e. The summed E-state index contributed by atoms with van der Waals surface area (Å²) in [6, 6.07) is 0. The monoisotopic (exact) mass is 180 g/mol. The lowest BCUT2D eigenvalue weighted by Crippen LogP contribution is -2.11. The number of carbonyl (C=O) groups is 1. The number of rotatable bonds is 4. The number of allylic oxidation sites excluding steroid dienone is 2. The van der Waals surface area contributed by atoms with Gasteiger partial charge in [0.25, 0.3) is 0 Å². The average Bonchev–Trinajstić information content (AvgIpc) is 2.15. The minimum atomic E-state index is 0.417. The Morgan fingerprint density at radius 2 is 2.00 bits per heavy atom. The molecule has 0 N–H and O–H groups in total. The molecule has 0 atom stereocenters. The Morgan fingerprint density at radius 3 is 2.62 bits per heavy atom. The highest BCUT2D eigenvalue weighted by Gasteiger charge is 2.17. The first-order valence-corrected chi connectivity index (χ1v) is 5.53. The van der Waals surface area contributed by atoms with E-state index in [1.54, 1.807) is 0 Å². The Bertz CT molecular complexity index is 213. The Balaban J connectivity index is 2.68. The van der Waals surface area contributed by atoms with E-state index in [2.05, 4.69) is 13.8 Å². The summed E-state index contributed by atoms with van der Waals surface area (Å²) in [6.45, 7) is 4.31. The molecule has 0 saturated heterocycles. The molecule has 1 aliphatic rings. The van der Waals surface area contributed by atoms with Gasteiger partial charge in [-0.1, -0.05) is 25.8 Å². The molecule has 0 amide bonds. The summed E-state index contributed by atoms with van der Waals surface area (Å²) in [7, 11) is 0. The van der Waals surface area contributed by atoms with E-state index in [1.165, 1.54) is 24.8 Å². The van der Waals surface area contributed by atoms with Gasteiger partial charge >= 0.3 is 0 Å². The second-order valence-electron chi connectivity index (χ2n) is 3.82. The third-order valence-corrected chi connectivity index (χ3v) is 2.83. The fraction of sp³-hybridized carbons (Fsp3) is 0.750. The van der Waals surface area contributed by atoms with Crippen LogP contribution in [0.25, 0.3) is 0 Å². The van der Waals surface area contributed by atoms with Crippen LogP contribution in [0.3, 0.4) is 0 Å². The van der Waals surface area contributed by atoms with Gasteiger partial charge in [0, 0.05) is 6.42 Å². The van der Waals surface area contributed by atoms with E-state index < -0.39 is 0 Å². The minimum Gasteiger partial charge on any atom is -0.295 e. The minimum absolute atomic E-state index is 0.417. The fourth-order valence-electron chi connectivity index (χ4n) is 2.07. The van der Waals surface area contributed by atoms with Crippen LogP contribution >= 0.6 is 0 Å². The van der Waals surface area contributed by atoms with Crippen molar-refractivity contribution in [2.75, 3.05) is 0 Å². The fourth-order valence-corrected chi connectivity index (χ4v) is 2.07. The summed E-state index contributed by atoms with van der Waals surface area (Å²) in [5, 5.41) is 0. The van der Waals surface area contributed by atoms with Gasteiger partial charge in [0.05, 0.1) is 0 Å². The SMILES string of the molecule is CCCCC1=C(CC)C(=O)CCC1. The molecule has 0 saturated carbocycles. The summed E-state index contributed by atoms with van der Waals surface area (Å²) in [5.41, 5.74) is 2.61. The van der Waals surface area contributed by atoms with Crippen molar-refractivity contribution < 1.29 is 4.79 Å². The summed E-state index contributed by atoms with van der Waals surface area (Å²) < 4.78 is 0. The summed E-state index contributed by atoms with van der Waals surface area (Å²) in [4.78, 5) is 11.5. The molecule has 1 nitrogen and oxygen atoms in total. The third-order valence-electron chi connectivity index (χ3n) is 2.83. The molecule has 74 valence electrons. The van der Waals surface area contributed by atoms with Gasteiger partial charge in [0.2, 0.25) is 0 Å². The number of Topliss-reactive ketones (excluding diaryl/α,β-unsaturated/α-hetero) is 1. The highest BCUT2D eigenvalue weighted by Crippen LogP contribution is 2.27. The average molecular weight is 180 g/mol. The number of hydrogen-bond donors (Lipinski definition) is 0. The van der Waals surface area contributed by atoms with Crippen LogP contribution in [0.1, 0.15) is 58.8 Å². The summed E-state index contributed by atoms with van der Waals surface area (Å²) >= 11 is 0. The summed E-state index contributed by atoms with van der Waals surface area (Å²) in [5.74, 6) is 0.417. The quantitative estimate of drug-likeness (QED) is 0.645. The first-order valence-electron chi connectivity index (χ1n) is 5.53. The van der Waals surface area contributed by atoms with E-state index in [-0.39, 0.29) is 0 Å². The molecular formula is C12H20O. The van der Waals surface area contributed by atoms with Crippen molar-refractivity contribution in [2.24, 2.45) is 0 Å². The lowest BCUT2D eigenvalue weighted by Gasteiger charge is -2.18. The molecule has 1 aliphatic carbocycles. The molecule has 0 fully saturated rings. The van der Waals surface area contributed by atoms with Gasteiger partial charge in [-0.15, -0.1) is 0 Å². The highest BCUT2D eigenvalue weighted by molar-refractivity contribution is 5.96. The number of ketones is 1. The van der Waals surface area contributed by atoms with Crippen molar-refractivity contribution in [3.8, 4) is 0 Å². The predicted octanol–water partition coefficient (Wildman–Crippen LogP) is 3.64. The maximum atomic E-state index is 11.5. The molecule has 0 aromatic carbocycles.